The van der Waals surface area contributed by atoms with Crippen LogP contribution in [0.1, 0.15) is 72.7 Å². The van der Waals surface area contributed by atoms with Crippen LogP contribution >= 0.6 is 0 Å². The third-order valence-corrected chi connectivity index (χ3v) is 5.63. The van der Waals surface area contributed by atoms with Crippen molar-refractivity contribution >= 4 is 5.78 Å². The van der Waals surface area contributed by atoms with Crippen LogP contribution in [0, 0.1) is 12.8 Å². The van der Waals surface area contributed by atoms with E-state index in [2.05, 4.69) is 15.1 Å². The molecule has 0 radical (unpaired) electrons. The second-order valence-electron chi connectivity index (χ2n) is 8.21. The van der Waals surface area contributed by atoms with Crippen molar-refractivity contribution in [2.75, 3.05) is 6.61 Å². The van der Waals surface area contributed by atoms with Gasteiger partial charge in [0.1, 0.15) is 11.4 Å². The zero-order valence-electron chi connectivity index (χ0n) is 16.3. The molecular weight excluding hydrogens is 387 g/mol. The number of aryl methyl sites for hydroxylation is 1. The van der Waals surface area contributed by atoms with E-state index in [9.17, 15) is 18.0 Å². The molecule has 0 saturated heterocycles. The molecule has 1 atom stereocenters. The zero-order chi connectivity index (χ0) is 20.8. The van der Waals surface area contributed by atoms with Crippen LogP contribution in [0.2, 0.25) is 0 Å². The third kappa shape index (κ3) is 4.43. The summed E-state index contributed by atoms with van der Waals surface area (Å²) >= 11 is 0. The predicted molar refractivity (Wildman–Crippen MR) is 95.8 cm³/mol. The molecule has 2 saturated carbocycles. The zero-order valence-corrected chi connectivity index (χ0v) is 16.3. The first-order valence-electron chi connectivity index (χ1n) is 9.69. The van der Waals surface area contributed by atoms with Gasteiger partial charge in [0.05, 0.1) is 0 Å². The molecule has 6 nitrogen and oxygen atoms in total. The van der Waals surface area contributed by atoms with E-state index in [0.29, 0.717) is 17.3 Å². The molecule has 2 aromatic heterocycles. The number of aromatic nitrogens is 3. The van der Waals surface area contributed by atoms with E-state index in [4.69, 9.17) is 9.26 Å². The molecule has 0 spiro atoms. The molecule has 2 aliphatic rings. The van der Waals surface area contributed by atoms with Gasteiger partial charge in [-0.25, -0.2) is 0 Å². The summed E-state index contributed by atoms with van der Waals surface area (Å²) in [6.07, 6.45) is 0.823. The number of Topliss-reactive ketones (excluding diaryl/α,β-unsaturated/α-hetero) is 1. The number of carbonyl (C=O) groups is 1. The van der Waals surface area contributed by atoms with Crippen LogP contribution in [-0.2, 0) is 5.41 Å². The molecule has 2 fully saturated rings. The van der Waals surface area contributed by atoms with Gasteiger partial charge in [0, 0.05) is 36.6 Å². The first kappa shape index (κ1) is 19.8. The number of ether oxygens (including phenoxy) is 1. The summed E-state index contributed by atoms with van der Waals surface area (Å²) in [7, 11) is 0. The second-order valence-corrected chi connectivity index (χ2v) is 8.21. The number of alkyl halides is 3. The van der Waals surface area contributed by atoms with Gasteiger partial charge >= 0.3 is 6.18 Å². The smallest absolute Gasteiger partial charge is 0.422 e. The van der Waals surface area contributed by atoms with Crippen molar-refractivity contribution < 1.29 is 27.2 Å². The topological polar surface area (TPSA) is 78.1 Å². The minimum absolute atomic E-state index is 0.0895. The lowest BCUT2D eigenvalue weighted by molar-refractivity contribution is -0.153. The Hall–Kier alpha value is -2.45. The number of hydrogen-bond donors (Lipinski definition) is 0. The van der Waals surface area contributed by atoms with Crippen molar-refractivity contribution in [1.29, 1.82) is 0 Å². The summed E-state index contributed by atoms with van der Waals surface area (Å²) in [5, 5.41) is 4.01. The molecule has 0 N–H and O–H groups in total. The molecule has 0 amide bonds. The van der Waals surface area contributed by atoms with Crippen LogP contribution < -0.4 is 4.74 Å². The Morgan fingerprint density at radius 1 is 1.28 bits per heavy atom. The van der Waals surface area contributed by atoms with E-state index in [-0.39, 0.29) is 35.5 Å². The maximum atomic E-state index is 13.0. The van der Waals surface area contributed by atoms with Gasteiger partial charge in [-0.1, -0.05) is 12.1 Å². The van der Waals surface area contributed by atoms with Gasteiger partial charge in [-0.15, -0.1) is 0 Å². The fourth-order valence-electron chi connectivity index (χ4n) is 3.67. The number of carbonyl (C=O) groups excluding carboxylic acids is 1. The van der Waals surface area contributed by atoms with Gasteiger partial charge in [-0.3, -0.25) is 9.78 Å². The van der Waals surface area contributed by atoms with Gasteiger partial charge in [0.2, 0.25) is 5.89 Å². The van der Waals surface area contributed by atoms with E-state index in [1.165, 1.54) is 12.3 Å². The number of rotatable bonds is 8. The summed E-state index contributed by atoms with van der Waals surface area (Å²) < 4.78 is 48.0. The van der Waals surface area contributed by atoms with Gasteiger partial charge in [-0.2, -0.15) is 18.2 Å². The van der Waals surface area contributed by atoms with Crippen molar-refractivity contribution in [2.45, 2.75) is 63.5 Å². The Balaban J connectivity index is 1.57. The normalized spacial score (nSPS) is 19.1. The maximum absolute atomic E-state index is 13.0. The second kappa shape index (κ2) is 7.11. The van der Waals surface area contributed by atoms with Gasteiger partial charge in [0.25, 0.3) is 0 Å². The molecule has 0 aromatic carbocycles. The Bertz CT molecular complexity index is 919. The summed E-state index contributed by atoms with van der Waals surface area (Å²) in [4.78, 5) is 21.5. The molecule has 29 heavy (non-hydrogen) atoms. The predicted octanol–water partition coefficient (Wildman–Crippen LogP) is 4.53. The molecule has 2 heterocycles. The number of halogens is 3. The lowest BCUT2D eigenvalue weighted by Crippen LogP contribution is -2.30. The number of ketones is 1. The molecule has 156 valence electrons. The van der Waals surface area contributed by atoms with E-state index >= 15 is 0 Å². The standard InChI is InChI=1S/C20H22F3N3O3/c1-11-25-18(26-29-11)19(2,13-5-6-13)8-16(27)15-7-17(28-10-20(21,22)23)14(9-24-15)12-3-4-12/h7,9,12-13H,3-6,8,10H2,1-2H3/t19-/m0/s1. The van der Waals surface area contributed by atoms with Crippen LogP contribution in [0.3, 0.4) is 0 Å². The number of pyridine rings is 1. The molecule has 0 aliphatic heterocycles. The van der Waals surface area contributed by atoms with Gasteiger partial charge < -0.3 is 9.26 Å². The van der Waals surface area contributed by atoms with Gasteiger partial charge in [0.15, 0.2) is 18.2 Å². The fraction of sp³-hybridized carbons (Fsp3) is 0.600. The van der Waals surface area contributed by atoms with Crippen molar-refractivity contribution in [2.24, 2.45) is 5.92 Å². The van der Waals surface area contributed by atoms with Crippen LogP contribution in [0.4, 0.5) is 13.2 Å². The molecule has 2 aliphatic carbocycles. The van der Waals surface area contributed by atoms with Crippen molar-refractivity contribution in [3.8, 4) is 5.75 Å². The van der Waals surface area contributed by atoms with Crippen LogP contribution in [-0.4, -0.2) is 33.7 Å². The molecule has 0 unspecified atom stereocenters. The van der Waals surface area contributed by atoms with Crippen molar-refractivity contribution in [3.63, 3.8) is 0 Å². The Kier molecular flexibility index (Phi) is 4.86. The highest BCUT2D eigenvalue weighted by Gasteiger charge is 2.47. The van der Waals surface area contributed by atoms with Crippen molar-refractivity contribution in [3.05, 3.63) is 35.2 Å². The first-order valence-corrected chi connectivity index (χ1v) is 9.69. The van der Waals surface area contributed by atoms with E-state index in [0.717, 1.165) is 25.7 Å². The largest absolute Gasteiger partial charge is 0.484 e. The average Bonchev–Trinajstić information content (AvgIpc) is 3.57. The summed E-state index contributed by atoms with van der Waals surface area (Å²) in [6, 6.07) is 1.34. The van der Waals surface area contributed by atoms with Crippen molar-refractivity contribution in [1.82, 2.24) is 15.1 Å². The van der Waals surface area contributed by atoms with Crippen LogP contribution in [0.25, 0.3) is 0 Å². The average molecular weight is 409 g/mol. The van der Waals surface area contributed by atoms with Crippen LogP contribution in [0.5, 0.6) is 5.75 Å². The number of hydrogen-bond acceptors (Lipinski definition) is 6. The highest BCUT2D eigenvalue weighted by atomic mass is 19.4. The summed E-state index contributed by atoms with van der Waals surface area (Å²) in [6.45, 7) is 2.22. The lowest BCUT2D eigenvalue weighted by atomic mass is 9.78. The van der Waals surface area contributed by atoms with E-state index in [1.807, 2.05) is 6.92 Å². The molecule has 2 aromatic rings. The highest BCUT2D eigenvalue weighted by Crippen LogP contribution is 2.49. The molecule has 4 rings (SSSR count). The third-order valence-electron chi connectivity index (χ3n) is 5.63. The fourth-order valence-corrected chi connectivity index (χ4v) is 3.67. The Labute approximate surface area is 165 Å². The molecule has 0 bridgehead atoms. The summed E-state index contributed by atoms with van der Waals surface area (Å²) in [5.74, 6) is 1.12. The van der Waals surface area contributed by atoms with Gasteiger partial charge in [-0.05, 0) is 37.5 Å². The van der Waals surface area contributed by atoms with Crippen LogP contribution in [0.15, 0.2) is 16.8 Å². The maximum Gasteiger partial charge on any atom is 0.422 e. The SMILES string of the molecule is Cc1nc([C@@](C)(CC(=O)c2cc(OCC(F)(F)F)c(C3CC3)cn2)C2CC2)no1. The van der Waals surface area contributed by atoms with E-state index < -0.39 is 18.2 Å². The number of nitrogens with zero attached hydrogens (tertiary/aromatic N) is 3. The highest BCUT2D eigenvalue weighted by molar-refractivity contribution is 5.95. The quantitative estimate of drug-likeness (QED) is 0.596. The monoisotopic (exact) mass is 409 g/mol. The Morgan fingerprint density at radius 2 is 2.00 bits per heavy atom. The summed E-state index contributed by atoms with van der Waals surface area (Å²) in [5.41, 5.74) is 0.127. The minimum atomic E-state index is -4.45. The first-order chi connectivity index (χ1) is 13.7. The van der Waals surface area contributed by atoms with E-state index in [1.54, 1.807) is 6.92 Å². The minimum Gasteiger partial charge on any atom is -0.484 e. The Morgan fingerprint density at radius 3 is 2.55 bits per heavy atom. The lowest BCUT2D eigenvalue weighted by Gasteiger charge is -2.25. The molecule has 9 heteroatoms. The molecular formula is C20H22F3N3O3.